The summed E-state index contributed by atoms with van der Waals surface area (Å²) in [5.41, 5.74) is 9.13. The summed E-state index contributed by atoms with van der Waals surface area (Å²) in [7, 11) is 0. The number of carbonyl (C=O) groups is 1. The smallest absolute Gasteiger partial charge is 0.313 e. The lowest BCUT2D eigenvalue weighted by molar-refractivity contribution is -0.137. The summed E-state index contributed by atoms with van der Waals surface area (Å²) in [4.78, 5) is 15.8. The van der Waals surface area contributed by atoms with Crippen LogP contribution in [0.25, 0.3) is 0 Å². The zero-order valence-electron chi connectivity index (χ0n) is 13.8. The highest BCUT2D eigenvalue weighted by atomic mass is 32.1. The van der Waals surface area contributed by atoms with Crippen LogP contribution in [0.2, 0.25) is 0 Å². The molecule has 0 aliphatic rings. The maximum absolute atomic E-state index is 11.8. The fraction of sp³-hybridized carbons (Fsp3) is 0.312. The summed E-state index contributed by atoms with van der Waals surface area (Å²) in [5.74, 6) is 0.825. The van der Waals surface area contributed by atoms with E-state index in [9.17, 15) is 4.79 Å². The van der Waals surface area contributed by atoms with Crippen molar-refractivity contribution in [1.29, 1.82) is 0 Å². The van der Waals surface area contributed by atoms with Gasteiger partial charge in [0.05, 0.1) is 18.7 Å². The molecule has 3 N–H and O–H groups in total. The third-order valence-corrected chi connectivity index (χ3v) is 3.61. The van der Waals surface area contributed by atoms with E-state index in [-0.39, 0.29) is 11.9 Å². The van der Waals surface area contributed by atoms with E-state index in [1.165, 1.54) is 11.3 Å². The molecule has 2 aromatic rings. The normalized spacial score (nSPS) is 11.0. The van der Waals surface area contributed by atoms with Gasteiger partial charge in [0.1, 0.15) is 5.82 Å². The SMILES string of the molecule is CCOc1cc(C=NNc2nc(N)cs2)ccc1OC(=O)C(C)C. The van der Waals surface area contributed by atoms with Crippen LogP contribution in [-0.2, 0) is 4.79 Å². The number of nitrogens with zero attached hydrogens (tertiary/aromatic N) is 2. The minimum atomic E-state index is -0.305. The summed E-state index contributed by atoms with van der Waals surface area (Å²) in [6.45, 7) is 5.88. The first-order valence-corrected chi connectivity index (χ1v) is 8.36. The number of nitrogens with two attached hydrogens (primary N) is 1. The Hall–Kier alpha value is -2.61. The average molecular weight is 348 g/mol. The van der Waals surface area contributed by atoms with Crippen molar-refractivity contribution in [1.82, 2.24) is 4.98 Å². The second-order valence-corrected chi connectivity index (χ2v) is 6.02. The molecule has 1 heterocycles. The number of hydrogen-bond donors (Lipinski definition) is 2. The predicted octanol–water partition coefficient (Wildman–Crippen LogP) is 3.13. The first kappa shape index (κ1) is 17.7. The van der Waals surface area contributed by atoms with Crippen LogP contribution in [0.1, 0.15) is 26.3 Å². The molecule has 7 nitrogen and oxygen atoms in total. The number of nitrogens with one attached hydrogen (secondary N) is 1. The van der Waals surface area contributed by atoms with Gasteiger partial charge in [-0.1, -0.05) is 13.8 Å². The van der Waals surface area contributed by atoms with Gasteiger partial charge in [0.25, 0.3) is 0 Å². The highest BCUT2D eigenvalue weighted by Gasteiger charge is 2.14. The molecule has 0 amide bonds. The fourth-order valence-electron chi connectivity index (χ4n) is 1.68. The van der Waals surface area contributed by atoms with Gasteiger partial charge in [-0.15, -0.1) is 11.3 Å². The van der Waals surface area contributed by atoms with Gasteiger partial charge < -0.3 is 15.2 Å². The summed E-state index contributed by atoms with van der Waals surface area (Å²) in [6, 6.07) is 5.23. The van der Waals surface area contributed by atoms with Crippen LogP contribution in [0, 0.1) is 5.92 Å². The van der Waals surface area contributed by atoms with Crippen LogP contribution < -0.4 is 20.6 Å². The molecule has 24 heavy (non-hydrogen) atoms. The molecule has 0 unspecified atom stereocenters. The number of carbonyl (C=O) groups excluding carboxylic acids is 1. The molecule has 0 fully saturated rings. The van der Waals surface area contributed by atoms with E-state index in [1.54, 1.807) is 43.6 Å². The maximum atomic E-state index is 11.8. The van der Waals surface area contributed by atoms with E-state index in [0.717, 1.165) is 5.56 Å². The Morgan fingerprint density at radius 2 is 2.25 bits per heavy atom. The number of rotatable bonds is 7. The van der Waals surface area contributed by atoms with Crippen LogP contribution >= 0.6 is 11.3 Å². The Balaban J connectivity index is 2.10. The van der Waals surface area contributed by atoms with Gasteiger partial charge in [-0.25, -0.2) is 4.98 Å². The first-order valence-electron chi connectivity index (χ1n) is 7.48. The second-order valence-electron chi connectivity index (χ2n) is 5.16. The van der Waals surface area contributed by atoms with E-state index < -0.39 is 0 Å². The van der Waals surface area contributed by atoms with Crippen LogP contribution in [0.4, 0.5) is 10.9 Å². The van der Waals surface area contributed by atoms with Crippen molar-refractivity contribution in [3.63, 3.8) is 0 Å². The van der Waals surface area contributed by atoms with Crippen molar-refractivity contribution in [3.8, 4) is 11.5 Å². The third-order valence-electron chi connectivity index (χ3n) is 2.85. The van der Waals surface area contributed by atoms with E-state index in [1.807, 2.05) is 6.92 Å². The number of esters is 1. The molecule has 1 aromatic heterocycles. The standard InChI is InChI=1S/C16H20N4O3S/c1-4-22-13-7-11(5-6-12(13)23-15(21)10(2)3)8-18-20-16-19-14(17)9-24-16/h5-10H,4,17H2,1-3H3,(H,19,20). The number of hydrazone groups is 1. The van der Waals surface area contributed by atoms with Crippen molar-refractivity contribution in [2.24, 2.45) is 11.0 Å². The van der Waals surface area contributed by atoms with E-state index in [2.05, 4.69) is 15.5 Å². The molecule has 0 saturated heterocycles. The Labute approximate surface area is 144 Å². The Bertz CT molecular complexity index is 728. The molecule has 128 valence electrons. The molecule has 8 heteroatoms. The lowest BCUT2D eigenvalue weighted by Gasteiger charge is -2.12. The second kappa shape index (κ2) is 8.30. The summed E-state index contributed by atoms with van der Waals surface area (Å²) < 4.78 is 10.9. The largest absolute Gasteiger partial charge is 0.490 e. The molecular formula is C16H20N4O3S. The Kier molecular flexibility index (Phi) is 6.14. The summed E-state index contributed by atoms with van der Waals surface area (Å²) in [5, 5.41) is 6.43. The highest BCUT2D eigenvalue weighted by molar-refractivity contribution is 7.14. The zero-order valence-corrected chi connectivity index (χ0v) is 14.6. The topological polar surface area (TPSA) is 98.8 Å². The van der Waals surface area contributed by atoms with E-state index >= 15 is 0 Å². The molecule has 1 aromatic carbocycles. The molecule has 0 saturated carbocycles. The Morgan fingerprint density at radius 3 is 2.88 bits per heavy atom. The summed E-state index contributed by atoms with van der Waals surface area (Å²) in [6.07, 6.45) is 1.62. The van der Waals surface area contributed by atoms with Gasteiger partial charge in [-0.3, -0.25) is 10.2 Å². The monoisotopic (exact) mass is 348 g/mol. The number of anilines is 2. The van der Waals surface area contributed by atoms with E-state index in [0.29, 0.717) is 29.1 Å². The Morgan fingerprint density at radius 1 is 1.46 bits per heavy atom. The summed E-state index contributed by atoms with van der Waals surface area (Å²) >= 11 is 1.36. The first-order chi connectivity index (χ1) is 11.5. The third kappa shape index (κ3) is 4.95. The van der Waals surface area contributed by atoms with E-state index in [4.69, 9.17) is 15.2 Å². The van der Waals surface area contributed by atoms with Crippen molar-refractivity contribution in [2.75, 3.05) is 17.8 Å². The van der Waals surface area contributed by atoms with Gasteiger partial charge >= 0.3 is 5.97 Å². The van der Waals surface area contributed by atoms with Gasteiger partial charge in [0.15, 0.2) is 11.5 Å². The van der Waals surface area contributed by atoms with Crippen LogP contribution in [-0.4, -0.2) is 23.8 Å². The number of aromatic nitrogens is 1. The zero-order chi connectivity index (χ0) is 17.5. The number of nitrogen functional groups attached to an aromatic ring is 1. The molecule has 0 aliphatic heterocycles. The van der Waals surface area contributed by atoms with Gasteiger partial charge in [0.2, 0.25) is 5.13 Å². The molecule has 0 bridgehead atoms. The lowest BCUT2D eigenvalue weighted by Crippen LogP contribution is -2.15. The van der Waals surface area contributed by atoms with Gasteiger partial charge in [0, 0.05) is 5.38 Å². The number of hydrogen-bond acceptors (Lipinski definition) is 8. The van der Waals surface area contributed by atoms with Crippen molar-refractivity contribution in [3.05, 3.63) is 29.1 Å². The number of thiazole rings is 1. The quantitative estimate of drug-likeness (QED) is 0.345. The average Bonchev–Trinajstić information content (AvgIpc) is 2.95. The van der Waals surface area contributed by atoms with Crippen molar-refractivity contribution < 1.29 is 14.3 Å². The van der Waals surface area contributed by atoms with Crippen LogP contribution in [0.15, 0.2) is 28.7 Å². The molecular weight excluding hydrogens is 328 g/mol. The van der Waals surface area contributed by atoms with Gasteiger partial charge in [-0.2, -0.15) is 5.10 Å². The van der Waals surface area contributed by atoms with Crippen LogP contribution in [0.5, 0.6) is 11.5 Å². The minimum absolute atomic E-state index is 0.212. The molecule has 0 radical (unpaired) electrons. The molecule has 2 rings (SSSR count). The lowest BCUT2D eigenvalue weighted by atomic mass is 10.2. The number of ether oxygens (including phenoxy) is 2. The molecule has 0 aliphatic carbocycles. The predicted molar refractivity (Wildman–Crippen MR) is 95.8 cm³/mol. The highest BCUT2D eigenvalue weighted by Crippen LogP contribution is 2.29. The number of benzene rings is 1. The molecule has 0 atom stereocenters. The van der Waals surface area contributed by atoms with Gasteiger partial charge in [-0.05, 0) is 30.7 Å². The van der Waals surface area contributed by atoms with Crippen molar-refractivity contribution in [2.45, 2.75) is 20.8 Å². The minimum Gasteiger partial charge on any atom is -0.490 e. The van der Waals surface area contributed by atoms with Crippen LogP contribution in [0.3, 0.4) is 0 Å². The van der Waals surface area contributed by atoms with Crippen molar-refractivity contribution >= 4 is 34.5 Å². The maximum Gasteiger partial charge on any atom is 0.313 e. The fourth-order valence-corrected chi connectivity index (χ4v) is 2.23. The molecule has 0 spiro atoms.